The van der Waals surface area contributed by atoms with Gasteiger partial charge in [0.1, 0.15) is 5.52 Å². The van der Waals surface area contributed by atoms with Gasteiger partial charge in [0.15, 0.2) is 5.58 Å². The Hall–Kier alpha value is -3.75. The van der Waals surface area contributed by atoms with Crippen LogP contribution in [0.3, 0.4) is 0 Å². The van der Waals surface area contributed by atoms with Crippen molar-refractivity contribution in [2.75, 3.05) is 31.1 Å². The molecule has 8 heteroatoms. The van der Waals surface area contributed by atoms with Gasteiger partial charge in [0.2, 0.25) is 5.89 Å². The molecule has 5 rings (SSSR count). The number of carbonyl (C=O) groups excluding carboxylic acids is 1. The van der Waals surface area contributed by atoms with E-state index in [0.29, 0.717) is 22.6 Å². The molecule has 0 bridgehead atoms. The van der Waals surface area contributed by atoms with Gasteiger partial charge in [0.25, 0.3) is 5.91 Å². The zero-order valence-electron chi connectivity index (χ0n) is 17.4. The van der Waals surface area contributed by atoms with Gasteiger partial charge in [-0.3, -0.25) is 19.9 Å². The number of aromatic nitrogens is 2. The highest BCUT2D eigenvalue weighted by molar-refractivity contribution is 5.96. The number of piperazine rings is 1. The van der Waals surface area contributed by atoms with E-state index in [1.807, 2.05) is 24.5 Å². The van der Waals surface area contributed by atoms with Crippen molar-refractivity contribution in [3.8, 4) is 11.5 Å². The number of nitrogens with zero attached hydrogens (tertiary/aromatic N) is 4. The summed E-state index contributed by atoms with van der Waals surface area (Å²) >= 11 is 0. The van der Waals surface area contributed by atoms with E-state index in [2.05, 4.69) is 44.0 Å². The highest BCUT2D eigenvalue weighted by Gasteiger charge is 2.17. The Morgan fingerprint density at radius 3 is 2.47 bits per heavy atom. The van der Waals surface area contributed by atoms with E-state index < -0.39 is 5.91 Å². The number of carbonyl (C=O) groups is 1. The molecule has 162 valence electrons. The van der Waals surface area contributed by atoms with Gasteiger partial charge in [-0.05, 0) is 48.0 Å². The van der Waals surface area contributed by atoms with Crippen molar-refractivity contribution in [3.05, 3.63) is 78.1 Å². The molecule has 1 fully saturated rings. The molecule has 0 saturated carbocycles. The number of oxazole rings is 1. The molecule has 0 atom stereocenters. The molecule has 1 aliphatic rings. The Bertz CT molecular complexity index is 1220. The zero-order valence-corrected chi connectivity index (χ0v) is 17.4. The van der Waals surface area contributed by atoms with Gasteiger partial charge >= 0.3 is 0 Å². The second-order valence-electron chi connectivity index (χ2n) is 7.81. The third-order valence-corrected chi connectivity index (χ3v) is 5.76. The van der Waals surface area contributed by atoms with E-state index in [-0.39, 0.29) is 0 Å². The average Bonchev–Trinajstić information content (AvgIpc) is 3.28. The predicted octanol–water partition coefficient (Wildman–Crippen LogP) is 3.33. The molecule has 0 unspecified atom stereocenters. The van der Waals surface area contributed by atoms with Gasteiger partial charge in [-0.25, -0.2) is 10.5 Å². The first-order chi connectivity index (χ1) is 15.7. The molecular formula is C24H23N5O3. The molecule has 0 spiro atoms. The summed E-state index contributed by atoms with van der Waals surface area (Å²) in [5.41, 5.74) is 6.45. The van der Waals surface area contributed by atoms with E-state index in [0.717, 1.165) is 38.3 Å². The van der Waals surface area contributed by atoms with Crippen LogP contribution in [0.5, 0.6) is 0 Å². The average molecular weight is 429 g/mol. The Morgan fingerprint density at radius 1 is 1.00 bits per heavy atom. The molecule has 2 aromatic heterocycles. The number of amides is 1. The zero-order chi connectivity index (χ0) is 21.9. The van der Waals surface area contributed by atoms with Gasteiger partial charge in [-0.1, -0.05) is 12.1 Å². The quantitative estimate of drug-likeness (QED) is 0.371. The summed E-state index contributed by atoms with van der Waals surface area (Å²) < 4.78 is 5.84. The van der Waals surface area contributed by atoms with Crippen molar-refractivity contribution in [2.24, 2.45) is 0 Å². The van der Waals surface area contributed by atoms with Crippen molar-refractivity contribution < 1.29 is 14.4 Å². The number of anilines is 1. The van der Waals surface area contributed by atoms with Crippen molar-refractivity contribution in [1.29, 1.82) is 0 Å². The molecule has 8 nitrogen and oxygen atoms in total. The van der Waals surface area contributed by atoms with Crippen LogP contribution in [0.4, 0.5) is 5.69 Å². The maximum absolute atomic E-state index is 11.6. The summed E-state index contributed by atoms with van der Waals surface area (Å²) in [6.45, 7) is 4.93. The molecule has 2 N–H and O–H groups in total. The first kappa shape index (κ1) is 20.2. The molecule has 4 aromatic rings. The standard InChI is InChI=1S/C24H23N5O3/c30-23(27-31)19-5-6-22-21(15-19)26-24(32-22)18-3-1-17(2-4-18)16-28-11-13-29(14-12-28)20-7-9-25-10-8-20/h1-10,15,31H,11-14,16H2,(H,27,30). The summed E-state index contributed by atoms with van der Waals surface area (Å²) in [5.74, 6) is -0.0820. The van der Waals surface area contributed by atoms with Crippen LogP contribution in [0.15, 0.2) is 71.4 Å². The SMILES string of the molecule is O=C(NO)c1ccc2oc(-c3ccc(CN4CCN(c5ccncc5)CC4)cc3)nc2c1. The van der Waals surface area contributed by atoms with Gasteiger partial charge < -0.3 is 9.32 Å². The van der Waals surface area contributed by atoms with Gasteiger partial charge in [0.05, 0.1) is 0 Å². The lowest BCUT2D eigenvalue weighted by Gasteiger charge is -2.36. The molecular weight excluding hydrogens is 406 g/mol. The summed E-state index contributed by atoms with van der Waals surface area (Å²) in [7, 11) is 0. The molecule has 3 heterocycles. The van der Waals surface area contributed by atoms with Crippen LogP contribution in [-0.4, -0.2) is 52.2 Å². The molecule has 1 saturated heterocycles. The molecule has 1 amide bonds. The Morgan fingerprint density at radius 2 is 1.75 bits per heavy atom. The van der Waals surface area contributed by atoms with Crippen LogP contribution < -0.4 is 10.4 Å². The predicted molar refractivity (Wildman–Crippen MR) is 120 cm³/mol. The minimum Gasteiger partial charge on any atom is -0.436 e. The minimum atomic E-state index is -0.581. The number of fused-ring (bicyclic) bond motifs is 1. The lowest BCUT2D eigenvalue weighted by molar-refractivity contribution is 0.0706. The van der Waals surface area contributed by atoms with Gasteiger partial charge in [-0.15, -0.1) is 0 Å². The van der Waals surface area contributed by atoms with E-state index in [9.17, 15) is 4.79 Å². The second-order valence-corrected chi connectivity index (χ2v) is 7.81. The van der Waals surface area contributed by atoms with Gasteiger partial charge in [0, 0.05) is 61.9 Å². The van der Waals surface area contributed by atoms with E-state index in [1.54, 1.807) is 23.7 Å². The number of pyridine rings is 1. The number of hydrogen-bond acceptors (Lipinski definition) is 7. The smallest absolute Gasteiger partial charge is 0.274 e. The number of rotatable bonds is 5. The fourth-order valence-electron chi connectivity index (χ4n) is 3.99. The largest absolute Gasteiger partial charge is 0.436 e. The second kappa shape index (κ2) is 8.78. The number of hydrogen-bond donors (Lipinski definition) is 2. The fourth-order valence-corrected chi connectivity index (χ4v) is 3.99. The summed E-state index contributed by atoms with van der Waals surface area (Å²) in [5, 5.41) is 8.80. The molecule has 0 aliphatic carbocycles. The summed E-state index contributed by atoms with van der Waals surface area (Å²) in [6.07, 6.45) is 3.68. The monoisotopic (exact) mass is 429 g/mol. The van der Waals surface area contributed by atoms with Crippen LogP contribution >= 0.6 is 0 Å². The van der Waals surface area contributed by atoms with Crippen LogP contribution in [0.25, 0.3) is 22.6 Å². The molecule has 2 aromatic carbocycles. The van der Waals surface area contributed by atoms with Crippen molar-refractivity contribution in [3.63, 3.8) is 0 Å². The number of nitrogens with one attached hydrogen (secondary N) is 1. The lowest BCUT2D eigenvalue weighted by Crippen LogP contribution is -2.45. The molecule has 0 radical (unpaired) electrons. The van der Waals surface area contributed by atoms with Crippen LogP contribution in [0, 0.1) is 0 Å². The third kappa shape index (κ3) is 4.18. The number of hydroxylamine groups is 1. The fraction of sp³-hybridized carbons (Fsp3) is 0.208. The van der Waals surface area contributed by atoms with Crippen LogP contribution in [-0.2, 0) is 6.54 Å². The van der Waals surface area contributed by atoms with Crippen molar-refractivity contribution >= 4 is 22.7 Å². The Labute approximate surface area is 185 Å². The lowest BCUT2D eigenvalue weighted by atomic mass is 10.1. The highest BCUT2D eigenvalue weighted by Crippen LogP contribution is 2.26. The van der Waals surface area contributed by atoms with Crippen molar-refractivity contribution in [1.82, 2.24) is 20.3 Å². The third-order valence-electron chi connectivity index (χ3n) is 5.76. The molecule has 1 aliphatic heterocycles. The van der Waals surface area contributed by atoms with Crippen LogP contribution in [0.2, 0.25) is 0 Å². The maximum atomic E-state index is 11.6. The maximum Gasteiger partial charge on any atom is 0.274 e. The Kier molecular flexibility index (Phi) is 5.53. The van der Waals surface area contributed by atoms with E-state index >= 15 is 0 Å². The van der Waals surface area contributed by atoms with E-state index in [4.69, 9.17) is 9.62 Å². The first-order valence-corrected chi connectivity index (χ1v) is 10.5. The highest BCUT2D eigenvalue weighted by atomic mass is 16.5. The van der Waals surface area contributed by atoms with E-state index in [1.165, 1.54) is 11.3 Å². The topological polar surface area (TPSA) is 94.7 Å². The normalized spacial score (nSPS) is 14.6. The summed E-state index contributed by atoms with van der Waals surface area (Å²) in [4.78, 5) is 25.0. The van der Waals surface area contributed by atoms with Gasteiger partial charge in [-0.2, -0.15) is 0 Å². The van der Waals surface area contributed by atoms with Crippen LogP contribution in [0.1, 0.15) is 15.9 Å². The van der Waals surface area contributed by atoms with Crippen molar-refractivity contribution in [2.45, 2.75) is 6.54 Å². The summed E-state index contributed by atoms with van der Waals surface area (Å²) in [6, 6.07) is 17.2. The molecule has 32 heavy (non-hydrogen) atoms. The number of benzene rings is 2. The minimum absolute atomic E-state index is 0.319. The Balaban J connectivity index is 1.23. The first-order valence-electron chi connectivity index (χ1n) is 10.5.